The van der Waals surface area contributed by atoms with E-state index < -0.39 is 0 Å². The van der Waals surface area contributed by atoms with Crippen molar-refractivity contribution in [1.82, 2.24) is 19.9 Å². The number of hydrogen-bond donors (Lipinski definition) is 1. The van der Waals surface area contributed by atoms with Gasteiger partial charge >= 0.3 is 0 Å². The lowest BCUT2D eigenvalue weighted by Crippen LogP contribution is -2.32. The number of nitrogens with zero attached hydrogens (tertiary/aromatic N) is 3. The van der Waals surface area contributed by atoms with E-state index in [2.05, 4.69) is 15.4 Å². The number of aromatic nitrogens is 3. The first-order valence-electron chi connectivity index (χ1n) is 10.1. The van der Waals surface area contributed by atoms with Crippen molar-refractivity contribution >= 4 is 11.6 Å². The van der Waals surface area contributed by atoms with Gasteiger partial charge in [0.1, 0.15) is 0 Å². The molecule has 31 heavy (non-hydrogen) atoms. The van der Waals surface area contributed by atoms with E-state index in [4.69, 9.17) is 18.9 Å². The minimum Gasteiger partial charge on any atom is -0.493 e. The molecule has 0 radical (unpaired) electrons. The Morgan fingerprint density at radius 2 is 1.94 bits per heavy atom. The van der Waals surface area contributed by atoms with Crippen LogP contribution in [-0.4, -0.2) is 61.1 Å². The van der Waals surface area contributed by atoms with Gasteiger partial charge in [-0.2, -0.15) is 5.10 Å². The Bertz CT molecular complexity index is 1080. The number of amides is 1. The number of aryl methyl sites for hydroxylation is 1. The molecule has 1 N–H and O–H groups in total. The van der Waals surface area contributed by atoms with Crippen molar-refractivity contribution < 1.29 is 23.7 Å². The highest BCUT2D eigenvalue weighted by Crippen LogP contribution is 2.41. The summed E-state index contributed by atoms with van der Waals surface area (Å²) in [6.07, 6.45) is 5.37. The van der Waals surface area contributed by atoms with Crippen LogP contribution in [0.1, 0.15) is 28.9 Å². The second-order valence-corrected chi connectivity index (χ2v) is 7.31. The Labute approximate surface area is 180 Å². The zero-order valence-corrected chi connectivity index (χ0v) is 18.1. The van der Waals surface area contributed by atoms with E-state index in [1.54, 1.807) is 38.2 Å². The van der Waals surface area contributed by atoms with Crippen LogP contribution in [0.2, 0.25) is 0 Å². The molecule has 1 saturated heterocycles. The summed E-state index contributed by atoms with van der Waals surface area (Å²) in [5.74, 6) is 1.41. The molecule has 0 spiro atoms. The van der Waals surface area contributed by atoms with Gasteiger partial charge in [0.25, 0.3) is 5.91 Å². The van der Waals surface area contributed by atoms with E-state index in [9.17, 15) is 4.79 Å². The topological polar surface area (TPSA) is 96.2 Å². The van der Waals surface area contributed by atoms with Gasteiger partial charge in [-0.3, -0.25) is 4.79 Å². The molecule has 4 rings (SSSR count). The zero-order valence-electron chi connectivity index (χ0n) is 18.1. The van der Waals surface area contributed by atoms with E-state index in [1.807, 2.05) is 19.1 Å². The molecule has 1 aromatic carbocycles. The summed E-state index contributed by atoms with van der Waals surface area (Å²) in [6, 6.07) is 3.69. The van der Waals surface area contributed by atoms with Gasteiger partial charge in [0.2, 0.25) is 5.75 Å². The molecule has 9 heteroatoms. The fourth-order valence-electron chi connectivity index (χ4n) is 3.82. The van der Waals surface area contributed by atoms with Crippen molar-refractivity contribution in [3.63, 3.8) is 0 Å². The van der Waals surface area contributed by atoms with Gasteiger partial charge in [0, 0.05) is 24.9 Å². The lowest BCUT2D eigenvalue weighted by molar-refractivity contribution is 0.0856. The Morgan fingerprint density at radius 3 is 2.55 bits per heavy atom. The highest BCUT2D eigenvalue weighted by molar-refractivity contribution is 5.95. The highest BCUT2D eigenvalue weighted by Gasteiger charge is 2.21. The quantitative estimate of drug-likeness (QED) is 0.620. The van der Waals surface area contributed by atoms with Crippen LogP contribution in [0.5, 0.6) is 17.2 Å². The van der Waals surface area contributed by atoms with E-state index in [1.165, 1.54) is 0 Å². The van der Waals surface area contributed by atoms with Crippen LogP contribution in [0, 0.1) is 6.92 Å². The molecule has 2 aromatic heterocycles. The summed E-state index contributed by atoms with van der Waals surface area (Å²) < 4.78 is 23.5. The van der Waals surface area contributed by atoms with Crippen molar-refractivity contribution in [1.29, 1.82) is 0 Å². The predicted molar refractivity (Wildman–Crippen MR) is 114 cm³/mol. The molecule has 3 aromatic rings. The third-order valence-corrected chi connectivity index (χ3v) is 5.50. The lowest BCUT2D eigenvalue weighted by Gasteiger charge is -2.14. The van der Waals surface area contributed by atoms with Crippen LogP contribution < -0.4 is 19.5 Å². The molecule has 3 heterocycles. The number of methoxy groups -OCH3 is 3. The summed E-state index contributed by atoms with van der Waals surface area (Å²) in [7, 11) is 4.70. The summed E-state index contributed by atoms with van der Waals surface area (Å²) in [5, 5.41) is 7.40. The zero-order chi connectivity index (χ0) is 22.0. The molecule has 1 amide bonds. The van der Waals surface area contributed by atoms with Gasteiger partial charge in [-0.15, -0.1) is 0 Å². The molecule has 9 nitrogen and oxygen atoms in total. The number of hydrogen-bond acceptors (Lipinski definition) is 7. The molecular formula is C22H26N4O5. The molecule has 164 valence electrons. The summed E-state index contributed by atoms with van der Waals surface area (Å²) >= 11 is 0. The Morgan fingerprint density at radius 1 is 1.19 bits per heavy atom. The van der Waals surface area contributed by atoms with E-state index >= 15 is 0 Å². The maximum absolute atomic E-state index is 12.7. The van der Waals surface area contributed by atoms with Crippen molar-refractivity contribution in [2.75, 3.05) is 34.5 Å². The average Bonchev–Trinajstić information content (AvgIpc) is 3.47. The third-order valence-electron chi connectivity index (χ3n) is 5.50. The minimum atomic E-state index is -0.188. The standard InChI is InChI=1S/C22H26N4O5/c1-13-16(22(27)24-10-15-6-5-7-31-15)11-23-21-17(12-25-26(13)21)14-8-18(28-2)20(30-4)19(9-14)29-3/h8-9,11-12,15H,5-7,10H2,1-4H3,(H,24,27). The number of benzene rings is 1. The second kappa shape index (κ2) is 8.81. The fraction of sp³-hybridized carbons (Fsp3) is 0.409. The maximum Gasteiger partial charge on any atom is 0.254 e. The Hall–Kier alpha value is -3.33. The van der Waals surface area contributed by atoms with Crippen molar-refractivity contribution in [2.24, 2.45) is 0 Å². The number of ether oxygens (including phenoxy) is 4. The van der Waals surface area contributed by atoms with Gasteiger partial charge in [0.15, 0.2) is 17.1 Å². The van der Waals surface area contributed by atoms with Crippen molar-refractivity contribution in [2.45, 2.75) is 25.9 Å². The van der Waals surface area contributed by atoms with Crippen LogP contribution in [0.25, 0.3) is 16.8 Å². The van der Waals surface area contributed by atoms with E-state index in [-0.39, 0.29) is 12.0 Å². The normalized spacial score (nSPS) is 15.8. The first-order chi connectivity index (χ1) is 15.1. The Kier molecular flexibility index (Phi) is 5.94. The monoisotopic (exact) mass is 426 g/mol. The molecule has 0 bridgehead atoms. The maximum atomic E-state index is 12.7. The second-order valence-electron chi connectivity index (χ2n) is 7.31. The fourth-order valence-corrected chi connectivity index (χ4v) is 3.82. The molecule has 1 aliphatic rings. The Balaban J connectivity index is 1.67. The smallest absolute Gasteiger partial charge is 0.254 e. The first-order valence-corrected chi connectivity index (χ1v) is 10.1. The van der Waals surface area contributed by atoms with Crippen molar-refractivity contribution in [3.05, 3.63) is 35.8 Å². The molecule has 1 fully saturated rings. The van der Waals surface area contributed by atoms with E-state index in [0.29, 0.717) is 40.7 Å². The van der Waals surface area contributed by atoms with Gasteiger partial charge in [-0.25, -0.2) is 9.50 Å². The molecule has 0 saturated carbocycles. The van der Waals surface area contributed by atoms with Gasteiger partial charge in [-0.1, -0.05) is 0 Å². The van der Waals surface area contributed by atoms with E-state index in [0.717, 1.165) is 30.6 Å². The van der Waals surface area contributed by atoms with Crippen LogP contribution >= 0.6 is 0 Å². The summed E-state index contributed by atoms with van der Waals surface area (Å²) in [5.41, 5.74) is 3.40. The number of rotatable bonds is 7. The van der Waals surface area contributed by atoms with Crippen LogP contribution in [0.15, 0.2) is 24.5 Å². The van der Waals surface area contributed by atoms with Crippen LogP contribution in [-0.2, 0) is 4.74 Å². The number of nitrogens with one attached hydrogen (secondary N) is 1. The van der Waals surface area contributed by atoms with Crippen LogP contribution in [0.3, 0.4) is 0 Å². The minimum absolute atomic E-state index is 0.0808. The first kappa shape index (κ1) is 20.9. The van der Waals surface area contributed by atoms with Crippen LogP contribution in [0.4, 0.5) is 0 Å². The number of fused-ring (bicyclic) bond motifs is 1. The largest absolute Gasteiger partial charge is 0.493 e. The number of carbonyl (C=O) groups is 1. The molecule has 1 aliphatic heterocycles. The predicted octanol–water partition coefficient (Wildman–Crippen LogP) is 2.64. The summed E-state index contributed by atoms with van der Waals surface area (Å²) in [4.78, 5) is 17.2. The molecule has 1 atom stereocenters. The average molecular weight is 426 g/mol. The highest BCUT2D eigenvalue weighted by atomic mass is 16.5. The molecule has 1 unspecified atom stereocenters. The van der Waals surface area contributed by atoms with Gasteiger partial charge < -0.3 is 24.3 Å². The van der Waals surface area contributed by atoms with Gasteiger partial charge in [0.05, 0.1) is 44.9 Å². The molecule has 0 aliphatic carbocycles. The number of carbonyl (C=O) groups excluding carboxylic acids is 1. The SMILES string of the molecule is COc1cc(-c2cnn3c(C)c(C(=O)NCC4CCCO4)cnc23)cc(OC)c1OC. The summed E-state index contributed by atoms with van der Waals surface area (Å²) in [6.45, 7) is 3.10. The van der Waals surface area contributed by atoms with Crippen molar-refractivity contribution in [3.8, 4) is 28.4 Å². The third kappa shape index (κ3) is 3.88. The lowest BCUT2D eigenvalue weighted by atomic mass is 10.1. The molecular weight excluding hydrogens is 400 g/mol. The van der Waals surface area contributed by atoms with Gasteiger partial charge in [-0.05, 0) is 37.5 Å².